The first-order chi connectivity index (χ1) is 22.7. The van der Waals surface area contributed by atoms with E-state index in [0.717, 1.165) is 0 Å². The maximum atomic E-state index is 13.3. The molecule has 5 rings (SSSR count). The zero-order chi connectivity index (χ0) is 33.3. The zero-order valence-electron chi connectivity index (χ0n) is 25.7. The lowest BCUT2D eigenvalue weighted by molar-refractivity contribution is -0.605. The number of nitrogens with one attached hydrogen (secondary N) is 3. The number of anilines is 2. The number of ether oxygens (including phenoxy) is 2. The highest BCUT2D eigenvalue weighted by molar-refractivity contribution is 6.30. The summed E-state index contributed by atoms with van der Waals surface area (Å²) in [6, 6.07) is 10.8. The molecule has 4 aromatic rings. The number of hydrogen-bond acceptors (Lipinski definition) is 10. The number of amides is 2. The number of tetrazole rings is 1. The molecular weight excluding hydrogens is 628 g/mol. The molecule has 2 bridgehead atoms. The number of esters is 1. The summed E-state index contributed by atoms with van der Waals surface area (Å²) >= 11 is 6.22. The molecule has 1 aliphatic rings. The quantitative estimate of drug-likeness (QED) is 0.110. The van der Waals surface area contributed by atoms with Gasteiger partial charge in [-0.05, 0) is 72.7 Å². The number of pyridine rings is 1. The molecule has 15 heteroatoms. The Hall–Kier alpha value is -5.50. The molecule has 0 unspecified atom stereocenters. The number of hydrogen-bond donors (Lipinski definition) is 3. The minimum Gasteiger partial charge on any atom is -0.619 e. The lowest BCUT2D eigenvalue weighted by Crippen LogP contribution is -2.33. The summed E-state index contributed by atoms with van der Waals surface area (Å²) in [6.45, 7) is 1.94. The fourth-order valence-corrected chi connectivity index (χ4v) is 5.48. The molecular formula is C32H33ClN8O6. The molecule has 47 heavy (non-hydrogen) atoms. The number of carbonyl (C=O) groups is 3. The van der Waals surface area contributed by atoms with Crippen LogP contribution in [0.15, 0.2) is 67.3 Å². The van der Waals surface area contributed by atoms with Crippen LogP contribution in [0.4, 0.5) is 16.2 Å². The summed E-state index contributed by atoms with van der Waals surface area (Å²) in [5.41, 5.74) is 3.90. The first-order valence-corrected chi connectivity index (χ1v) is 15.3. The van der Waals surface area contributed by atoms with Crippen LogP contribution in [0.3, 0.4) is 0 Å². The van der Waals surface area contributed by atoms with E-state index < -0.39 is 30.1 Å². The Morgan fingerprint density at radius 1 is 1.15 bits per heavy atom. The van der Waals surface area contributed by atoms with E-state index in [1.54, 1.807) is 49.4 Å². The monoisotopic (exact) mass is 660 g/mol. The standard InChI is InChI=1S/C32H33ClN8O6/c1-3-47-31(43)27-7-5-4-6-26(37-30(42)13-8-20-15-23(33)9-12-29(20)41-19-34-38-39-41)22-14-21(17-40(45)18-22)25-11-10-24(16-28(25)36-27)35-32(44)46-2/h8-19,26-27,36H,3-7H2,1-2H3,(H,35,44)(H,37,42)/b13-8+/t26-,27+/m0/s1. The fourth-order valence-electron chi connectivity index (χ4n) is 5.30. The Kier molecular flexibility index (Phi) is 10.6. The molecule has 0 aliphatic carbocycles. The predicted molar refractivity (Wildman–Crippen MR) is 173 cm³/mol. The normalized spacial score (nSPS) is 16.1. The third-order valence-corrected chi connectivity index (χ3v) is 7.72. The summed E-state index contributed by atoms with van der Waals surface area (Å²) in [7, 11) is 1.26. The second-order valence-corrected chi connectivity index (χ2v) is 11.1. The van der Waals surface area contributed by atoms with Gasteiger partial charge in [-0.2, -0.15) is 9.41 Å². The summed E-state index contributed by atoms with van der Waals surface area (Å²) in [5, 5.41) is 33.6. The number of rotatable bonds is 7. The second kappa shape index (κ2) is 15.2. The van der Waals surface area contributed by atoms with Crippen molar-refractivity contribution in [2.45, 2.75) is 44.7 Å². The first kappa shape index (κ1) is 32.9. The van der Waals surface area contributed by atoms with E-state index in [2.05, 4.69) is 31.5 Å². The Morgan fingerprint density at radius 3 is 2.74 bits per heavy atom. The van der Waals surface area contributed by atoms with Crippen LogP contribution in [0.1, 0.15) is 49.8 Å². The molecule has 2 aromatic carbocycles. The number of nitrogens with zero attached hydrogens (tertiary/aromatic N) is 5. The van der Waals surface area contributed by atoms with Crippen LogP contribution in [0, 0.1) is 5.21 Å². The average molecular weight is 661 g/mol. The van der Waals surface area contributed by atoms with E-state index in [-0.39, 0.29) is 6.61 Å². The Labute approximate surface area is 275 Å². The van der Waals surface area contributed by atoms with Crippen molar-refractivity contribution in [1.29, 1.82) is 0 Å². The summed E-state index contributed by atoms with van der Waals surface area (Å²) < 4.78 is 12.2. The van der Waals surface area contributed by atoms with Crippen LogP contribution >= 0.6 is 11.6 Å². The van der Waals surface area contributed by atoms with Crippen LogP contribution in [-0.2, 0) is 19.1 Å². The molecule has 2 atom stereocenters. The average Bonchev–Trinajstić information content (AvgIpc) is 3.59. The third-order valence-electron chi connectivity index (χ3n) is 7.48. The van der Waals surface area contributed by atoms with Crippen LogP contribution in [0.25, 0.3) is 22.9 Å². The van der Waals surface area contributed by atoms with E-state index in [4.69, 9.17) is 21.1 Å². The van der Waals surface area contributed by atoms with Gasteiger partial charge >= 0.3 is 12.1 Å². The van der Waals surface area contributed by atoms with Crippen LogP contribution in [0.5, 0.6) is 0 Å². The van der Waals surface area contributed by atoms with Crippen LogP contribution < -0.4 is 20.7 Å². The maximum absolute atomic E-state index is 13.3. The highest BCUT2D eigenvalue weighted by Crippen LogP contribution is 2.34. The van der Waals surface area contributed by atoms with Gasteiger partial charge < -0.3 is 25.3 Å². The van der Waals surface area contributed by atoms with Crippen molar-refractivity contribution >= 4 is 47.0 Å². The van der Waals surface area contributed by atoms with E-state index in [0.29, 0.717) is 74.8 Å². The number of carbonyl (C=O) groups excluding carboxylic acids is 3. The number of benzene rings is 2. The maximum Gasteiger partial charge on any atom is 0.411 e. The minimum atomic E-state index is -0.702. The van der Waals surface area contributed by atoms with Gasteiger partial charge in [-0.15, -0.1) is 5.10 Å². The lowest BCUT2D eigenvalue weighted by atomic mass is 9.95. The summed E-state index contributed by atoms with van der Waals surface area (Å²) in [4.78, 5) is 38.2. The zero-order valence-corrected chi connectivity index (χ0v) is 26.4. The second-order valence-electron chi connectivity index (χ2n) is 10.7. The van der Waals surface area contributed by atoms with Crippen molar-refractivity contribution in [3.05, 3.63) is 88.6 Å². The Bertz CT molecular complexity index is 1780. The topological polar surface area (TPSA) is 176 Å². The van der Waals surface area contributed by atoms with Gasteiger partial charge in [-0.3, -0.25) is 10.1 Å². The molecule has 14 nitrogen and oxygen atoms in total. The molecule has 3 heterocycles. The van der Waals surface area contributed by atoms with Gasteiger partial charge in [0.1, 0.15) is 12.4 Å². The van der Waals surface area contributed by atoms with Crippen molar-refractivity contribution < 1.29 is 28.6 Å². The number of aromatic nitrogens is 5. The van der Waals surface area contributed by atoms with Gasteiger partial charge in [0.15, 0.2) is 12.4 Å². The SMILES string of the molecule is CCOC(=O)[C@H]1CCCC[C@H](NC(=O)/C=C/c2cc(Cl)ccc2-n2cnnn2)c2cc(c[n+]([O-])c2)-c2ccc(NC(=O)OC)cc2N1. The smallest absolute Gasteiger partial charge is 0.411 e. The van der Waals surface area contributed by atoms with Crippen molar-refractivity contribution in [1.82, 2.24) is 25.5 Å². The van der Waals surface area contributed by atoms with Crippen molar-refractivity contribution in [2.75, 3.05) is 24.4 Å². The van der Waals surface area contributed by atoms with Gasteiger partial charge in [0.2, 0.25) is 5.91 Å². The van der Waals surface area contributed by atoms with Crippen molar-refractivity contribution in [2.24, 2.45) is 0 Å². The molecule has 244 valence electrons. The highest BCUT2D eigenvalue weighted by Gasteiger charge is 2.25. The predicted octanol–water partition coefficient (Wildman–Crippen LogP) is 4.58. The van der Waals surface area contributed by atoms with Gasteiger partial charge in [-0.25, -0.2) is 9.59 Å². The largest absolute Gasteiger partial charge is 0.619 e. The fraction of sp³-hybridized carbons (Fsp3) is 0.281. The molecule has 0 saturated carbocycles. The number of methoxy groups -OCH3 is 1. The van der Waals surface area contributed by atoms with E-state index in [1.165, 1.54) is 36.6 Å². The molecule has 0 saturated heterocycles. The van der Waals surface area contributed by atoms with E-state index in [1.807, 2.05) is 6.07 Å². The molecule has 0 spiro atoms. The van der Waals surface area contributed by atoms with Gasteiger partial charge in [0.05, 0.1) is 25.4 Å². The summed E-state index contributed by atoms with van der Waals surface area (Å²) in [6.07, 6.45) is 8.80. The van der Waals surface area contributed by atoms with Gasteiger partial charge in [-0.1, -0.05) is 30.5 Å². The molecule has 1 aliphatic heterocycles. The van der Waals surface area contributed by atoms with Crippen LogP contribution in [0.2, 0.25) is 5.02 Å². The van der Waals surface area contributed by atoms with Gasteiger partial charge in [0.25, 0.3) is 0 Å². The highest BCUT2D eigenvalue weighted by atomic mass is 35.5. The number of halogens is 1. The molecule has 2 amide bonds. The van der Waals surface area contributed by atoms with Crippen LogP contribution in [-0.4, -0.2) is 57.9 Å². The first-order valence-electron chi connectivity index (χ1n) is 14.9. The van der Waals surface area contributed by atoms with Crippen molar-refractivity contribution in [3.8, 4) is 16.8 Å². The summed E-state index contributed by atoms with van der Waals surface area (Å²) in [5.74, 6) is -0.816. The number of fused-ring (bicyclic) bond motifs is 4. The minimum absolute atomic E-state index is 0.208. The molecule has 0 radical (unpaired) electrons. The Morgan fingerprint density at radius 2 is 1.98 bits per heavy atom. The lowest BCUT2D eigenvalue weighted by Gasteiger charge is -2.24. The Balaban J connectivity index is 1.48. The third kappa shape index (κ3) is 8.41. The molecule has 0 fully saturated rings. The van der Waals surface area contributed by atoms with Gasteiger partial charge in [0, 0.05) is 44.7 Å². The van der Waals surface area contributed by atoms with E-state index in [9.17, 15) is 19.6 Å². The molecule has 3 N–H and O–H groups in total. The molecule has 2 aromatic heterocycles. The van der Waals surface area contributed by atoms with Crippen molar-refractivity contribution in [3.63, 3.8) is 0 Å². The van der Waals surface area contributed by atoms with E-state index >= 15 is 0 Å².